The van der Waals surface area contributed by atoms with Gasteiger partial charge in [-0.1, -0.05) is 53.7 Å². The molecule has 1 atom stereocenters. The van der Waals surface area contributed by atoms with E-state index in [4.69, 9.17) is 0 Å². The number of amides is 2. The van der Waals surface area contributed by atoms with Crippen LogP contribution in [0.4, 0.5) is 11.4 Å². The minimum absolute atomic E-state index is 0.00351. The molecule has 2 aliphatic rings. The number of nitrogens with zero attached hydrogens (tertiary/aromatic N) is 2. The number of carbonyl (C=O) groups is 2. The molecule has 3 aromatic rings. The number of hydrogen-bond donors (Lipinski definition) is 1. The number of carbonyl (C=O) groups excluding carboxylic acids is 2. The zero-order chi connectivity index (χ0) is 24.5. The summed E-state index contributed by atoms with van der Waals surface area (Å²) in [6.45, 7) is 8.42. The van der Waals surface area contributed by atoms with Crippen LogP contribution in [0.2, 0.25) is 0 Å². The smallest absolute Gasteiger partial charge is 0.262 e. The molecule has 0 aromatic heterocycles. The summed E-state index contributed by atoms with van der Waals surface area (Å²) in [5.41, 5.74) is 5.90. The van der Waals surface area contributed by atoms with E-state index in [1.165, 1.54) is 28.6 Å². The van der Waals surface area contributed by atoms with Gasteiger partial charge in [-0.2, -0.15) is 0 Å². The van der Waals surface area contributed by atoms with Gasteiger partial charge in [0.1, 0.15) is 0 Å². The number of aryl methyl sites for hydroxylation is 2. The highest BCUT2D eigenvalue weighted by Crippen LogP contribution is 2.39. The van der Waals surface area contributed by atoms with Gasteiger partial charge in [0.05, 0.1) is 10.6 Å². The maximum Gasteiger partial charge on any atom is 0.262 e. The summed E-state index contributed by atoms with van der Waals surface area (Å²) in [7, 11) is 0. The maximum absolute atomic E-state index is 13.3. The first-order chi connectivity index (χ1) is 16.9. The van der Waals surface area contributed by atoms with Crippen molar-refractivity contribution < 1.29 is 9.59 Å². The molecule has 2 amide bonds. The van der Waals surface area contributed by atoms with Crippen molar-refractivity contribution in [2.45, 2.75) is 31.7 Å². The summed E-state index contributed by atoms with van der Waals surface area (Å²) in [4.78, 5) is 31.9. The van der Waals surface area contributed by atoms with Crippen molar-refractivity contribution in [3.8, 4) is 0 Å². The van der Waals surface area contributed by atoms with E-state index in [0.29, 0.717) is 29.2 Å². The van der Waals surface area contributed by atoms with E-state index in [9.17, 15) is 9.59 Å². The lowest BCUT2D eigenvalue weighted by Crippen LogP contribution is -2.53. The summed E-state index contributed by atoms with van der Waals surface area (Å²) in [6, 6.07) is 22.4. The molecule has 0 radical (unpaired) electrons. The number of thioether (sulfide) groups is 1. The van der Waals surface area contributed by atoms with Crippen molar-refractivity contribution in [1.29, 1.82) is 0 Å². The lowest BCUT2D eigenvalue weighted by atomic mass is 10.1. The zero-order valence-electron chi connectivity index (χ0n) is 20.2. The van der Waals surface area contributed by atoms with E-state index in [-0.39, 0.29) is 17.9 Å². The summed E-state index contributed by atoms with van der Waals surface area (Å²) in [5, 5.41) is 2.98. The number of hydrogen-bond acceptors (Lipinski definition) is 4. The number of benzene rings is 3. The summed E-state index contributed by atoms with van der Waals surface area (Å²) in [5.74, 6) is -0.142. The molecule has 1 N–H and O–H groups in total. The van der Waals surface area contributed by atoms with Gasteiger partial charge >= 0.3 is 0 Å². The fourth-order valence-electron chi connectivity index (χ4n) is 4.62. The molecule has 0 saturated carbocycles. The Bertz CT molecular complexity index is 1320. The quantitative estimate of drug-likeness (QED) is 0.483. The largest absolute Gasteiger partial charge is 0.365 e. The third kappa shape index (κ3) is 4.98. The number of fused-ring (bicyclic) bond motifs is 1. The Balaban J connectivity index is 1.29. The molecular weight excluding hydrogens is 454 g/mol. The van der Waals surface area contributed by atoms with E-state index >= 15 is 0 Å². The lowest BCUT2D eigenvalue weighted by molar-refractivity contribution is -0.112. The van der Waals surface area contributed by atoms with Crippen LogP contribution in [0.15, 0.2) is 76.5 Å². The van der Waals surface area contributed by atoms with Crippen LogP contribution in [0.3, 0.4) is 0 Å². The fourth-order valence-corrected chi connectivity index (χ4v) is 5.55. The molecule has 0 spiro atoms. The van der Waals surface area contributed by atoms with E-state index in [1.807, 2.05) is 60.4 Å². The lowest BCUT2D eigenvalue weighted by Gasteiger charge is -2.41. The first-order valence-electron chi connectivity index (χ1n) is 11.9. The van der Waals surface area contributed by atoms with Gasteiger partial charge in [-0.05, 0) is 68.3 Å². The predicted octanol–water partition coefficient (Wildman–Crippen LogP) is 5.74. The van der Waals surface area contributed by atoms with Gasteiger partial charge in [0.25, 0.3) is 11.8 Å². The van der Waals surface area contributed by atoms with Gasteiger partial charge < -0.3 is 15.1 Å². The number of nitrogens with one attached hydrogen (secondary N) is 1. The Morgan fingerprint density at radius 3 is 2.54 bits per heavy atom. The van der Waals surface area contributed by atoms with Crippen molar-refractivity contribution in [1.82, 2.24) is 4.90 Å². The van der Waals surface area contributed by atoms with Gasteiger partial charge in [-0.15, -0.1) is 0 Å². The maximum atomic E-state index is 13.3. The van der Waals surface area contributed by atoms with Crippen molar-refractivity contribution in [3.63, 3.8) is 0 Å². The van der Waals surface area contributed by atoms with Crippen molar-refractivity contribution in [3.05, 3.63) is 93.9 Å². The summed E-state index contributed by atoms with van der Waals surface area (Å²) >= 11 is 1.44. The van der Waals surface area contributed by atoms with Crippen LogP contribution in [0, 0.1) is 13.8 Å². The summed E-state index contributed by atoms with van der Waals surface area (Å²) in [6.07, 6.45) is 1.90. The Hall–Kier alpha value is -3.51. The first kappa shape index (κ1) is 23.2. The first-order valence-corrected chi connectivity index (χ1v) is 12.7. The van der Waals surface area contributed by atoms with Crippen LogP contribution < -0.4 is 10.2 Å². The van der Waals surface area contributed by atoms with Gasteiger partial charge in [-0.3, -0.25) is 9.59 Å². The number of rotatable bonds is 3. The Labute approximate surface area is 210 Å². The normalized spacial score (nSPS) is 18.9. The zero-order valence-corrected chi connectivity index (χ0v) is 21.1. The highest BCUT2D eigenvalue weighted by Gasteiger charge is 2.29. The predicted molar refractivity (Wildman–Crippen MR) is 144 cm³/mol. The van der Waals surface area contributed by atoms with Gasteiger partial charge in [0, 0.05) is 41.8 Å². The van der Waals surface area contributed by atoms with E-state index in [0.717, 1.165) is 17.0 Å². The van der Waals surface area contributed by atoms with Gasteiger partial charge in [0.2, 0.25) is 0 Å². The fraction of sp³-hybridized carbons (Fsp3) is 0.241. The average Bonchev–Trinajstić information content (AvgIpc) is 2.85. The highest BCUT2D eigenvalue weighted by atomic mass is 32.2. The Kier molecular flexibility index (Phi) is 6.39. The van der Waals surface area contributed by atoms with Crippen LogP contribution in [0.1, 0.15) is 34.0 Å². The highest BCUT2D eigenvalue weighted by molar-refractivity contribution is 8.04. The third-order valence-electron chi connectivity index (χ3n) is 6.54. The third-order valence-corrected chi connectivity index (χ3v) is 7.64. The van der Waals surface area contributed by atoms with E-state index < -0.39 is 0 Å². The minimum atomic E-state index is -0.145. The molecule has 178 valence electrons. The van der Waals surface area contributed by atoms with Crippen molar-refractivity contribution in [2.24, 2.45) is 0 Å². The van der Waals surface area contributed by atoms with E-state index in [2.05, 4.69) is 48.3 Å². The minimum Gasteiger partial charge on any atom is -0.365 e. The molecule has 1 saturated heterocycles. The molecule has 2 aliphatic heterocycles. The monoisotopic (exact) mass is 483 g/mol. The average molecular weight is 484 g/mol. The van der Waals surface area contributed by atoms with Crippen LogP contribution >= 0.6 is 11.8 Å². The molecular formula is C29H29N3O2S. The Morgan fingerprint density at radius 2 is 1.80 bits per heavy atom. The number of piperazine rings is 1. The molecule has 5 nitrogen and oxygen atoms in total. The topological polar surface area (TPSA) is 52.7 Å². The van der Waals surface area contributed by atoms with Gasteiger partial charge in [0.15, 0.2) is 0 Å². The molecule has 0 aliphatic carbocycles. The second-order valence-electron chi connectivity index (χ2n) is 9.32. The van der Waals surface area contributed by atoms with Crippen molar-refractivity contribution in [2.75, 3.05) is 29.9 Å². The van der Waals surface area contributed by atoms with Crippen LogP contribution in [-0.2, 0) is 4.79 Å². The molecule has 6 heteroatoms. The number of anilines is 2. The van der Waals surface area contributed by atoms with Crippen molar-refractivity contribution >= 4 is 41.0 Å². The molecule has 2 heterocycles. The van der Waals surface area contributed by atoms with E-state index in [1.54, 1.807) is 0 Å². The molecule has 1 unspecified atom stereocenters. The van der Waals surface area contributed by atoms with Crippen LogP contribution in [-0.4, -0.2) is 42.4 Å². The SMILES string of the molecule is Cc1ccc(/C=C2/Sc3ccc(C(=O)N4CCN(c5cccc(C)c5)C(C)C4)cc3NC2=O)cc1. The van der Waals surface area contributed by atoms with Crippen LogP contribution in [0.25, 0.3) is 6.08 Å². The Morgan fingerprint density at radius 1 is 1.00 bits per heavy atom. The molecule has 35 heavy (non-hydrogen) atoms. The second kappa shape index (κ2) is 9.62. The molecule has 0 bridgehead atoms. The summed E-state index contributed by atoms with van der Waals surface area (Å²) < 4.78 is 0. The molecule has 5 rings (SSSR count). The standard InChI is InChI=1S/C29H29N3O2S/c1-19-7-9-22(10-8-19)16-27-28(33)30-25-17-23(11-12-26(25)35-27)29(34)31-13-14-32(21(3)18-31)24-6-4-5-20(2)15-24/h4-12,15-17,21H,13-14,18H2,1-3H3,(H,30,33)/b27-16+. The second-order valence-corrected chi connectivity index (χ2v) is 10.4. The van der Waals surface area contributed by atoms with Crippen LogP contribution in [0.5, 0.6) is 0 Å². The molecule has 1 fully saturated rings. The molecule has 3 aromatic carbocycles. The van der Waals surface area contributed by atoms with Gasteiger partial charge in [-0.25, -0.2) is 0 Å².